The van der Waals surface area contributed by atoms with Crippen LogP contribution in [0.2, 0.25) is 0 Å². The monoisotopic (exact) mass is 267 g/mol. The summed E-state index contributed by atoms with van der Waals surface area (Å²) in [6.07, 6.45) is 1.02. The average Bonchev–Trinajstić information content (AvgIpc) is 2.40. The molecule has 0 aliphatic rings. The van der Waals surface area contributed by atoms with E-state index in [1.54, 1.807) is 0 Å². The number of anilines is 2. The van der Waals surface area contributed by atoms with Crippen molar-refractivity contribution in [2.24, 2.45) is 0 Å². The minimum absolute atomic E-state index is 0.0985. The number of rotatable bonds is 8. The van der Waals surface area contributed by atoms with E-state index in [2.05, 4.69) is 45.9 Å². The van der Waals surface area contributed by atoms with Crippen LogP contribution in [0.15, 0.2) is 0 Å². The van der Waals surface area contributed by atoms with Gasteiger partial charge in [-0.15, -0.1) is 0 Å². The first-order chi connectivity index (χ1) is 9.14. The Bertz CT molecular complexity index is 381. The number of nitrogens with zero attached hydrogens (tertiary/aromatic N) is 4. The van der Waals surface area contributed by atoms with E-state index in [-0.39, 0.29) is 6.10 Å². The highest BCUT2D eigenvalue weighted by Crippen LogP contribution is 2.16. The van der Waals surface area contributed by atoms with Crippen molar-refractivity contribution in [2.45, 2.75) is 47.1 Å². The molecular formula is C13H25N5O. The molecule has 0 bridgehead atoms. The molecular weight excluding hydrogens is 242 g/mol. The standard InChI is InChI=1S/C13H25N5O/c1-6-10(5)19-13-16-11(14-7-2)15-12(17-13)18(8-3)9-4/h10H,6-9H2,1-5H3,(H,14,15,16,17). The average molecular weight is 267 g/mol. The molecule has 1 unspecified atom stereocenters. The van der Waals surface area contributed by atoms with Crippen LogP contribution in [0, 0.1) is 0 Å². The van der Waals surface area contributed by atoms with Crippen LogP contribution in [0.5, 0.6) is 6.01 Å². The molecule has 6 nitrogen and oxygen atoms in total. The zero-order chi connectivity index (χ0) is 14.3. The summed E-state index contributed by atoms with van der Waals surface area (Å²) in [5.74, 6) is 1.23. The highest BCUT2D eigenvalue weighted by Gasteiger charge is 2.13. The molecule has 0 aromatic carbocycles. The first-order valence-corrected chi connectivity index (χ1v) is 7.06. The van der Waals surface area contributed by atoms with Gasteiger partial charge in [0.25, 0.3) is 0 Å². The van der Waals surface area contributed by atoms with Crippen molar-refractivity contribution in [3.63, 3.8) is 0 Å². The molecule has 19 heavy (non-hydrogen) atoms. The normalized spacial score (nSPS) is 12.1. The quantitative estimate of drug-likeness (QED) is 0.780. The fraction of sp³-hybridized carbons (Fsp3) is 0.769. The number of ether oxygens (including phenoxy) is 1. The maximum Gasteiger partial charge on any atom is 0.323 e. The lowest BCUT2D eigenvalue weighted by molar-refractivity contribution is 0.199. The van der Waals surface area contributed by atoms with Crippen molar-refractivity contribution in [2.75, 3.05) is 29.9 Å². The molecule has 1 heterocycles. The van der Waals surface area contributed by atoms with Crippen molar-refractivity contribution in [1.82, 2.24) is 15.0 Å². The number of aromatic nitrogens is 3. The van der Waals surface area contributed by atoms with Crippen molar-refractivity contribution in [1.29, 1.82) is 0 Å². The van der Waals surface area contributed by atoms with Gasteiger partial charge in [-0.05, 0) is 34.1 Å². The van der Waals surface area contributed by atoms with Gasteiger partial charge in [0, 0.05) is 19.6 Å². The van der Waals surface area contributed by atoms with E-state index in [1.807, 2.05) is 13.8 Å². The summed E-state index contributed by atoms with van der Waals surface area (Å²) in [6.45, 7) is 12.7. The van der Waals surface area contributed by atoms with Gasteiger partial charge >= 0.3 is 6.01 Å². The molecule has 1 atom stereocenters. The highest BCUT2D eigenvalue weighted by molar-refractivity contribution is 5.38. The molecule has 108 valence electrons. The molecule has 0 aliphatic carbocycles. The molecule has 0 radical (unpaired) electrons. The Morgan fingerprint density at radius 2 is 1.79 bits per heavy atom. The molecule has 0 aliphatic heterocycles. The summed E-state index contributed by atoms with van der Waals surface area (Å²) in [5.41, 5.74) is 0. The third kappa shape index (κ3) is 4.54. The van der Waals surface area contributed by atoms with Crippen LogP contribution in [0.4, 0.5) is 11.9 Å². The van der Waals surface area contributed by atoms with Crippen molar-refractivity contribution >= 4 is 11.9 Å². The molecule has 1 N–H and O–H groups in total. The van der Waals surface area contributed by atoms with Gasteiger partial charge in [0.15, 0.2) is 0 Å². The molecule has 0 fully saturated rings. The van der Waals surface area contributed by atoms with Crippen molar-refractivity contribution in [3.05, 3.63) is 0 Å². The summed E-state index contributed by atoms with van der Waals surface area (Å²) in [4.78, 5) is 15.2. The predicted molar refractivity (Wildman–Crippen MR) is 77.9 cm³/mol. The van der Waals surface area contributed by atoms with E-state index in [4.69, 9.17) is 4.74 Å². The minimum atomic E-state index is 0.0985. The Hall–Kier alpha value is -1.59. The summed E-state index contributed by atoms with van der Waals surface area (Å²) in [5, 5.41) is 3.11. The second-order valence-electron chi connectivity index (χ2n) is 4.28. The zero-order valence-electron chi connectivity index (χ0n) is 12.6. The molecule has 0 saturated heterocycles. The Morgan fingerprint density at radius 1 is 1.11 bits per heavy atom. The van der Waals surface area contributed by atoms with Crippen molar-refractivity contribution in [3.8, 4) is 6.01 Å². The maximum absolute atomic E-state index is 5.70. The number of hydrogen-bond donors (Lipinski definition) is 1. The van der Waals surface area contributed by atoms with Gasteiger partial charge in [-0.3, -0.25) is 0 Å². The van der Waals surface area contributed by atoms with E-state index < -0.39 is 0 Å². The summed E-state index contributed by atoms with van der Waals surface area (Å²) in [7, 11) is 0. The van der Waals surface area contributed by atoms with E-state index in [0.29, 0.717) is 17.9 Å². The van der Waals surface area contributed by atoms with Gasteiger partial charge in [-0.25, -0.2) is 0 Å². The van der Waals surface area contributed by atoms with E-state index in [9.17, 15) is 0 Å². The van der Waals surface area contributed by atoms with Crippen LogP contribution in [-0.2, 0) is 0 Å². The summed E-state index contributed by atoms with van der Waals surface area (Å²) >= 11 is 0. The fourth-order valence-corrected chi connectivity index (χ4v) is 1.55. The molecule has 0 saturated carbocycles. The smallest absolute Gasteiger partial charge is 0.323 e. The fourth-order valence-electron chi connectivity index (χ4n) is 1.55. The van der Waals surface area contributed by atoms with Gasteiger partial charge in [-0.2, -0.15) is 15.0 Å². The van der Waals surface area contributed by atoms with Crippen LogP contribution in [0.3, 0.4) is 0 Å². The lowest BCUT2D eigenvalue weighted by atomic mass is 10.3. The lowest BCUT2D eigenvalue weighted by Gasteiger charge is -2.20. The summed E-state index contributed by atoms with van der Waals surface area (Å²) in [6, 6.07) is 0.391. The lowest BCUT2D eigenvalue weighted by Crippen LogP contribution is -2.25. The number of hydrogen-bond acceptors (Lipinski definition) is 6. The van der Waals surface area contributed by atoms with E-state index in [1.165, 1.54) is 0 Å². The van der Waals surface area contributed by atoms with Gasteiger partial charge in [0.1, 0.15) is 0 Å². The minimum Gasteiger partial charge on any atom is -0.460 e. The van der Waals surface area contributed by atoms with E-state index in [0.717, 1.165) is 26.1 Å². The van der Waals surface area contributed by atoms with Gasteiger partial charge in [0.05, 0.1) is 6.10 Å². The SMILES string of the molecule is CCNc1nc(OC(C)CC)nc(N(CC)CC)n1. The molecule has 1 aromatic rings. The molecule has 0 amide bonds. The van der Waals surface area contributed by atoms with E-state index >= 15 is 0 Å². The zero-order valence-corrected chi connectivity index (χ0v) is 12.6. The Labute approximate surface area is 115 Å². The summed E-state index contributed by atoms with van der Waals surface area (Å²) < 4.78 is 5.70. The highest BCUT2D eigenvalue weighted by atomic mass is 16.5. The third-order valence-corrected chi connectivity index (χ3v) is 2.87. The maximum atomic E-state index is 5.70. The van der Waals surface area contributed by atoms with Crippen molar-refractivity contribution < 1.29 is 4.74 Å². The largest absolute Gasteiger partial charge is 0.460 e. The van der Waals surface area contributed by atoms with Crippen LogP contribution in [0.25, 0.3) is 0 Å². The Morgan fingerprint density at radius 3 is 2.32 bits per heavy atom. The van der Waals surface area contributed by atoms with Crippen LogP contribution in [-0.4, -0.2) is 40.7 Å². The first kappa shape index (κ1) is 15.5. The molecule has 0 spiro atoms. The molecule has 1 rings (SSSR count). The molecule has 1 aromatic heterocycles. The Balaban J connectivity index is 3.02. The second-order valence-corrected chi connectivity index (χ2v) is 4.28. The van der Waals surface area contributed by atoms with Crippen LogP contribution >= 0.6 is 0 Å². The second kappa shape index (κ2) is 7.76. The van der Waals surface area contributed by atoms with Crippen LogP contribution < -0.4 is 15.0 Å². The van der Waals surface area contributed by atoms with Crippen LogP contribution in [0.1, 0.15) is 41.0 Å². The number of nitrogens with one attached hydrogen (secondary N) is 1. The molecule has 6 heteroatoms. The Kier molecular flexibility index (Phi) is 6.32. The first-order valence-electron chi connectivity index (χ1n) is 7.06. The topological polar surface area (TPSA) is 63.2 Å². The van der Waals surface area contributed by atoms with Gasteiger partial charge in [0.2, 0.25) is 11.9 Å². The van der Waals surface area contributed by atoms with Gasteiger partial charge < -0.3 is 15.0 Å². The van der Waals surface area contributed by atoms with Gasteiger partial charge in [-0.1, -0.05) is 6.92 Å². The third-order valence-electron chi connectivity index (χ3n) is 2.87. The predicted octanol–water partition coefficient (Wildman–Crippen LogP) is 2.33.